The summed E-state index contributed by atoms with van der Waals surface area (Å²) in [6, 6.07) is 9.70. The molecule has 0 spiro atoms. The highest BCUT2D eigenvalue weighted by molar-refractivity contribution is 9.10. The lowest BCUT2D eigenvalue weighted by atomic mass is 10.0. The standard InChI is InChI=1S/C21H23BrN4O3/c1-12(14-4-6-16(28-3)7-5-14)26-10-15(8-19(26)27)13(2)29-21-20-17(23-11-24-20)9-18(22)25-21/h4-7,9,11-13,15H,8,10H2,1-3H3,(H,23,24). The third kappa shape index (κ3) is 3.94. The maximum absolute atomic E-state index is 12.7. The van der Waals surface area contributed by atoms with Crippen LogP contribution >= 0.6 is 15.9 Å². The molecule has 1 amide bonds. The molecule has 1 aromatic carbocycles. The smallest absolute Gasteiger partial charge is 0.243 e. The summed E-state index contributed by atoms with van der Waals surface area (Å²) in [5.41, 5.74) is 2.62. The van der Waals surface area contributed by atoms with E-state index in [0.29, 0.717) is 29.0 Å². The van der Waals surface area contributed by atoms with Gasteiger partial charge in [-0.2, -0.15) is 0 Å². The monoisotopic (exact) mass is 458 g/mol. The summed E-state index contributed by atoms with van der Waals surface area (Å²) in [6.07, 6.45) is 1.90. The highest BCUT2D eigenvalue weighted by Crippen LogP contribution is 2.33. The first kappa shape index (κ1) is 19.7. The molecule has 2 aromatic heterocycles. The van der Waals surface area contributed by atoms with Crippen LogP contribution in [0.15, 0.2) is 41.3 Å². The van der Waals surface area contributed by atoms with Gasteiger partial charge in [0, 0.05) is 18.9 Å². The number of methoxy groups -OCH3 is 1. The Bertz CT molecular complexity index is 1020. The number of hydrogen-bond acceptors (Lipinski definition) is 5. The molecule has 0 bridgehead atoms. The number of nitrogens with zero attached hydrogens (tertiary/aromatic N) is 3. The van der Waals surface area contributed by atoms with Crippen LogP contribution in [0, 0.1) is 5.92 Å². The molecule has 0 aliphatic carbocycles. The van der Waals surface area contributed by atoms with E-state index in [9.17, 15) is 4.79 Å². The summed E-state index contributed by atoms with van der Waals surface area (Å²) in [5, 5.41) is 0. The number of aromatic amines is 1. The van der Waals surface area contributed by atoms with Crippen molar-refractivity contribution in [2.24, 2.45) is 5.92 Å². The average molecular weight is 459 g/mol. The van der Waals surface area contributed by atoms with Crippen LogP contribution in [0.25, 0.3) is 11.0 Å². The zero-order valence-corrected chi connectivity index (χ0v) is 18.1. The molecule has 29 heavy (non-hydrogen) atoms. The van der Waals surface area contributed by atoms with Crippen LogP contribution in [-0.4, -0.2) is 45.5 Å². The Morgan fingerprint density at radius 3 is 2.76 bits per heavy atom. The number of imidazole rings is 1. The Balaban J connectivity index is 1.47. The number of aromatic nitrogens is 3. The fourth-order valence-corrected chi connectivity index (χ4v) is 4.14. The number of fused-ring (bicyclic) bond motifs is 1. The lowest BCUT2D eigenvalue weighted by Crippen LogP contribution is -2.31. The molecule has 0 saturated carbocycles. The van der Waals surface area contributed by atoms with Gasteiger partial charge in [0.1, 0.15) is 16.5 Å². The first-order chi connectivity index (χ1) is 14.0. The van der Waals surface area contributed by atoms with Gasteiger partial charge < -0.3 is 19.4 Å². The van der Waals surface area contributed by atoms with E-state index in [1.165, 1.54) is 0 Å². The van der Waals surface area contributed by atoms with E-state index in [2.05, 4.69) is 37.8 Å². The third-order valence-electron chi connectivity index (χ3n) is 5.56. The summed E-state index contributed by atoms with van der Waals surface area (Å²) in [5.74, 6) is 1.50. The lowest BCUT2D eigenvalue weighted by molar-refractivity contribution is -0.129. The maximum atomic E-state index is 12.7. The molecule has 1 saturated heterocycles. The minimum absolute atomic E-state index is 0.00681. The highest BCUT2D eigenvalue weighted by Gasteiger charge is 2.37. The molecule has 4 rings (SSSR count). The van der Waals surface area contributed by atoms with Crippen molar-refractivity contribution in [3.8, 4) is 11.6 Å². The number of carbonyl (C=O) groups is 1. The number of benzene rings is 1. The first-order valence-electron chi connectivity index (χ1n) is 9.56. The molecule has 3 unspecified atom stereocenters. The SMILES string of the molecule is COc1ccc(C(C)N2CC(C(C)Oc3nc(Br)cc4[nH]cnc34)CC2=O)cc1. The largest absolute Gasteiger partial charge is 0.497 e. The first-order valence-corrected chi connectivity index (χ1v) is 10.3. The Morgan fingerprint density at radius 2 is 2.03 bits per heavy atom. The number of rotatable bonds is 6. The molecular weight excluding hydrogens is 436 g/mol. The lowest BCUT2D eigenvalue weighted by Gasteiger charge is -2.26. The van der Waals surface area contributed by atoms with Gasteiger partial charge in [-0.3, -0.25) is 4.79 Å². The van der Waals surface area contributed by atoms with E-state index in [1.54, 1.807) is 13.4 Å². The number of likely N-dealkylation sites (tertiary alicyclic amines) is 1. The van der Waals surface area contributed by atoms with Crippen molar-refractivity contribution in [2.75, 3.05) is 13.7 Å². The van der Waals surface area contributed by atoms with Crippen molar-refractivity contribution in [1.82, 2.24) is 19.9 Å². The van der Waals surface area contributed by atoms with Gasteiger partial charge in [-0.05, 0) is 53.5 Å². The fraction of sp³-hybridized carbons (Fsp3) is 0.381. The van der Waals surface area contributed by atoms with Crippen molar-refractivity contribution in [1.29, 1.82) is 0 Å². The number of H-pyrrole nitrogens is 1. The van der Waals surface area contributed by atoms with Crippen LogP contribution in [0.4, 0.5) is 0 Å². The van der Waals surface area contributed by atoms with Gasteiger partial charge in [-0.25, -0.2) is 9.97 Å². The van der Waals surface area contributed by atoms with E-state index in [0.717, 1.165) is 16.8 Å². The number of amides is 1. The number of hydrogen-bond donors (Lipinski definition) is 1. The van der Waals surface area contributed by atoms with Crippen molar-refractivity contribution in [3.63, 3.8) is 0 Å². The fourth-order valence-electron chi connectivity index (χ4n) is 3.75. The van der Waals surface area contributed by atoms with Crippen LogP contribution in [0.1, 0.15) is 31.9 Å². The minimum atomic E-state index is -0.172. The van der Waals surface area contributed by atoms with Gasteiger partial charge >= 0.3 is 0 Å². The van der Waals surface area contributed by atoms with Crippen LogP contribution in [-0.2, 0) is 4.79 Å². The summed E-state index contributed by atoms with van der Waals surface area (Å²) in [7, 11) is 1.64. The van der Waals surface area contributed by atoms with Crippen LogP contribution in [0.3, 0.4) is 0 Å². The van der Waals surface area contributed by atoms with Crippen LogP contribution in [0.2, 0.25) is 0 Å². The second-order valence-electron chi connectivity index (χ2n) is 7.33. The van der Waals surface area contributed by atoms with Gasteiger partial charge in [0.05, 0.1) is 25.0 Å². The third-order valence-corrected chi connectivity index (χ3v) is 5.96. The molecule has 1 fully saturated rings. The van der Waals surface area contributed by atoms with Gasteiger partial charge in [0.2, 0.25) is 11.8 Å². The van der Waals surface area contributed by atoms with E-state index < -0.39 is 0 Å². The summed E-state index contributed by atoms with van der Waals surface area (Å²) >= 11 is 3.41. The normalized spacial score (nSPS) is 18.8. The molecule has 1 aliphatic rings. The zero-order chi connectivity index (χ0) is 20.5. The number of pyridine rings is 1. The van der Waals surface area contributed by atoms with Crippen molar-refractivity contribution in [2.45, 2.75) is 32.4 Å². The zero-order valence-electron chi connectivity index (χ0n) is 16.6. The quantitative estimate of drug-likeness (QED) is 0.562. The molecule has 1 N–H and O–H groups in total. The molecule has 8 heteroatoms. The van der Waals surface area contributed by atoms with Gasteiger partial charge in [-0.1, -0.05) is 12.1 Å². The van der Waals surface area contributed by atoms with Gasteiger partial charge in [0.15, 0.2) is 5.52 Å². The molecule has 7 nitrogen and oxygen atoms in total. The highest BCUT2D eigenvalue weighted by atomic mass is 79.9. The summed E-state index contributed by atoms with van der Waals surface area (Å²) in [6.45, 7) is 4.68. The van der Waals surface area contributed by atoms with Crippen LogP contribution in [0.5, 0.6) is 11.6 Å². The van der Waals surface area contributed by atoms with Crippen molar-refractivity contribution >= 4 is 32.9 Å². The second-order valence-corrected chi connectivity index (χ2v) is 8.14. The topological polar surface area (TPSA) is 80.3 Å². The Morgan fingerprint density at radius 1 is 1.28 bits per heavy atom. The van der Waals surface area contributed by atoms with Crippen molar-refractivity contribution < 1.29 is 14.3 Å². The molecule has 3 atom stereocenters. The average Bonchev–Trinajstić information content (AvgIpc) is 3.34. The Labute approximate surface area is 177 Å². The molecule has 3 heterocycles. The van der Waals surface area contributed by atoms with E-state index in [1.807, 2.05) is 42.2 Å². The molecule has 152 valence electrons. The second kappa shape index (κ2) is 8.02. The minimum Gasteiger partial charge on any atom is -0.497 e. The molecular formula is C21H23BrN4O3. The predicted octanol–water partition coefficient (Wildman–Crippen LogP) is 4.11. The molecule has 3 aromatic rings. The Kier molecular flexibility index (Phi) is 5.45. The van der Waals surface area contributed by atoms with Crippen molar-refractivity contribution in [3.05, 3.63) is 46.8 Å². The number of carbonyl (C=O) groups excluding carboxylic acids is 1. The Hall–Kier alpha value is -2.61. The summed E-state index contributed by atoms with van der Waals surface area (Å²) in [4.78, 5) is 26.4. The van der Waals surface area contributed by atoms with Gasteiger partial charge in [0.25, 0.3) is 0 Å². The number of nitrogens with one attached hydrogen (secondary N) is 1. The van der Waals surface area contributed by atoms with Gasteiger partial charge in [-0.15, -0.1) is 0 Å². The summed E-state index contributed by atoms with van der Waals surface area (Å²) < 4.78 is 12.0. The van der Waals surface area contributed by atoms with E-state index >= 15 is 0 Å². The number of halogens is 1. The molecule has 1 aliphatic heterocycles. The van der Waals surface area contributed by atoms with Crippen LogP contribution < -0.4 is 9.47 Å². The maximum Gasteiger partial charge on any atom is 0.243 e. The van der Waals surface area contributed by atoms with E-state index in [-0.39, 0.29) is 24.0 Å². The number of ether oxygens (including phenoxy) is 2. The molecule has 0 radical (unpaired) electrons. The predicted molar refractivity (Wildman–Crippen MR) is 113 cm³/mol. The van der Waals surface area contributed by atoms with E-state index in [4.69, 9.17) is 9.47 Å².